The van der Waals surface area contributed by atoms with Gasteiger partial charge in [0.25, 0.3) is 11.8 Å². The van der Waals surface area contributed by atoms with Crippen LogP contribution in [-0.4, -0.2) is 22.7 Å². The molecule has 6 rings (SSSR count). The van der Waals surface area contributed by atoms with Gasteiger partial charge in [0.1, 0.15) is 10.9 Å². The van der Waals surface area contributed by atoms with Gasteiger partial charge in [0.05, 0.1) is 15.7 Å². The molecule has 2 heterocycles. The Morgan fingerprint density at radius 2 is 1.55 bits per heavy atom. The smallest absolute Gasteiger partial charge is 0.272 e. The van der Waals surface area contributed by atoms with Crippen molar-refractivity contribution in [3.05, 3.63) is 158 Å². The molecule has 0 spiro atoms. The molecule has 244 valence electrons. The van der Waals surface area contributed by atoms with E-state index in [0.717, 1.165) is 20.9 Å². The number of carbonyl (C=O) groups is 3. The van der Waals surface area contributed by atoms with E-state index in [4.69, 9.17) is 23.2 Å². The number of nitrogens with one attached hydrogen (secondary N) is 3. The summed E-state index contributed by atoms with van der Waals surface area (Å²) >= 11 is 16.4. The van der Waals surface area contributed by atoms with E-state index in [1.54, 1.807) is 60.7 Å². The zero-order valence-corrected chi connectivity index (χ0v) is 29.4. The fourth-order valence-corrected chi connectivity index (χ4v) is 7.39. The Hall–Kier alpha value is -4.71. The molecular formula is C37H26Cl2N4O3S3. The number of anilines is 2. The highest BCUT2D eigenvalue weighted by Gasteiger charge is 2.24. The summed E-state index contributed by atoms with van der Waals surface area (Å²) in [7, 11) is 0. The molecule has 12 heteroatoms. The van der Waals surface area contributed by atoms with Crippen molar-refractivity contribution in [3.63, 3.8) is 0 Å². The van der Waals surface area contributed by atoms with Gasteiger partial charge in [-0.2, -0.15) is 0 Å². The van der Waals surface area contributed by atoms with Crippen LogP contribution in [-0.2, 0) is 9.59 Å². The fraction of sp³-hybridized carbons (Fsp3) is 0.0270. The molecule has 1 atom stereocenters. The molecule has 0 saturated heterocycles. The molecule has 0 aliphatic heterocycles. The average molecular weight is 742 g/mol. The van der Waals surface area contributed by atoms with Gasteiger partial charge in [0.2, 0.25) is 5.91 Å². The maximum atomic E-state index is 13.8. The van der Waals surface area contributed by atoms with E-state index in [1.807, 2.05) is 71.4 Å². The van der Waals surface area contributed by atoms with Crippen molar-refractivity contribution in [2.75, 3.05) is 10.6 Å². The topological polar surface area (TPSA) is 100 Å². The van der Waals surface area contributed by atoms with Crippen molar-refractivity contribution in [1.29, 1.82) is 0 Å². The first-order valence-electron chi connectivity index (χ1n) is 14.8. The lowest BCUT2D eigenvalue weighted by Gasteiger charge is -2.17. The minimum Gasteiger partial charge on any atom is -0.321 e. The summed E-state index contributed by atoms with van der Waals surface area (Å²) in [6.45, 7) is 0. The molecule has 7 nitrogen and oxygen atoms in total. The molecule has 0 aliphatic rings. The largest absolute Gasteiger partial charge is 0.321 e. The third-order valence-electron chi connectivity index (χ3n) is 6.99. The Labute approximate surface area is 305 Å². The zero-order chi connectivity index (χ0) is 34.2. The van der Waals surface area contributed by atoms with Gasteiger partial charge in [-0.15, -0.1) is 34.4 Å². The van der Waals surface area contributed by atoms with Crippen LogP contribution in [0.3, 0.4) is 0 Å². The molecule has 4 aromatic carbocycles. The maximum absolute atomic E-state index is 13.8. The van der Waals surface area contributed by atoms with E-state index in [2.05, 4.69) is 20.9 Å². The third kappa shape index (κ3) is 9.05. The summed E-state index contributed by atoms with van der Waals surface area (Å²) in [5.74, 6) is -1.15. The summed E-state index contributed by atoms with van der Waals surface area (Å²) in [5, 5.41) is 13.0. The quantitative estimate of drug-likeness (QED) is 0.0907. The summed E-state index contributed by atoms with van der Waals surface area (Å²) in [4.78, 5) is 46.4. The first-order valence-corrected chi connectivity index (χ1v) is 18.2. The molecule has 49 heavy (non-hydrogen) atoms. The Morgan fingerprint density at radius 3 is 2.29 bits per heavy atom. The normalized spacial score (nSPS) is 11.8. The van der Waals surface area contributed by atoms with Crippen molar-refractivity contribution < 1.29 is 14.4 Å². The number of thiophene rings is 1. The minimum absolute atomic E-state index is 0.0968. The van der Waals surface area contributed by atoms with Crippen molar-refractivity contribution in [2.24, 2.45) is 0 Å². The van der Waals surface area contributed by atoms with Crippen LogP contribution in [0.1, 0.15) is 26.0 Å². The lowest BCUT2D eigenvalue weighted by Crippen LogP contribution is -2.30. The SMILES string of the molecule is O=C(Nc1cccc(SC(C(=O)Nc2nc(-c3ccc(Cl)c(Cl)c3)cs2)c2ccccc2)c1)/C(=C/c1cccs1)NC(=O)c1ccccc1. The van der Waals surface area contributed by atoms with E-state index in [-0.39, 0.29) is 11.6 Å². The lowest BCUT2D eigenvalue weighted by atomic mass is 10.1. The van der Waals surface area contributed by atoms with Crippen molar-refractivity contribution in [1.82, 2.24) is 10.3 Å². The zero-order valence-electron chi connectivity index (χ0n) is 25.4. The van der Waals surface area contributed by atoms with Gasteiger partial charge in [-0.3, -0.25) is 14.4 Å². The number of thiazole rings is 1. The number of hydrogen-bond acceptors (Lipinski definition) is 7. The number of hydrogen-bond donors (Lipinski definition) is 3. The monoisotopic (exact) mass is 740 g/mol. The average Bonchev–Trinajstić information content (AvgIpc) is 3.81. The van der Waals surface area contributed by atoms with Crippen LogP contribution in [0.4, 0.5) is 10.8 Å². The fourth-order valence-electron chi connectivity index (χ4n) is 4.63. The molecule has 1 unspecified atom stereocenters. The maximum Gasteiger partial charge on any atom is 0.272 e. The summed E-state index contributed by atoms with van der Waals surface area (Å²) in [5.41, 5.74) is 3.27. The summed E-state index contributed by atoms with van der Waals surface area (Å²) in [6, 6.07) is 34.3. The highest BCUT2D eigenvalue weighted by Crippen LogP contribution is 2.38. The number of halogens is 2. The first kappa shape index (κ1) is 34.2. The number of benzene rings is 4. The Balaban J connectivity index is 1.19. The minimum atomic E-state index is -0.635. The number of aromatic nitrogens is 1. The molecule has 0 radical (unpaired) electrons. The second kappa shape index (κ2) is 16.1. The Kier molecular flexibility index (Phi) is 11.2. The molecule has 0 aliphatic carbocycles. The standard InChI is InChI=1S/C37H26Cl2N4O3S3/c38-29-17-16-25(19-30(29)39)32-22-48-37(42-32)43-36(46)33(23-9-3-1-4-10-23)49-28-14-7-13-26(20-28)40-35(45)31(21-27-15-8-18-47-27)41-34(44)24-11-5-2-6-12-24/h1-22,33H,(H,40,45)(H,41,44)(H,42,43,46)/b31-21-. The van der Waals surface area contributed by atoms with E-state index >= 15 is 0 Å². The number of nitrogens with zero attached hydrogens (tertiary/aromatic N) is 1. The molecule has 0 saturated carbocycles. The lowest BCUT2D eigenvalue weighted by molar-refractivity contribution is -0.116. The van der Waals surface area contributed by atoms with Crippen LogP contribution in [0.2, 0.25) is 10.0 Å². The van der Waals surface area contributed by atoms with Gasteiger partial charge in [-0.05, 0) is 65.6 Å². The van der Waals surface area contributed by atoms with Crippen molar-refractivity contribution in [3.8, 4) is 11.3 Å². The molecule has 3 amide bonds. The first-order chi connectivity index (χ1) is 23.8. The third-order valence-corrected chi connectivity index (χ3v) is 10.6. The summed E-state index contributed by atoms with van der Waals surface area (Å²) < 4.78 is 0. The molecular weight excluding hydrogens is 716 g/mol. The molecule has 2 aromatic heterocycles. The second-order valence-corrected chi connectivity index (χ2v) is 14.3. The second-order valence-electron chi connectivity index (χ2n) is 10.4. The van der Waals surface area contributed by atoms with Gasteiger partial charge < -0.3 is 16.0 Å². The van der Waals surface area contributed by atoms with Crippen molar-refractivity contribution >= 4 is 92.3 Å². The van der Waals surface area contributed by atoms with Gasteiger partial charge in [0, 0.05) is 32.0 Å². The molecule has 0 bridgehead atoms. The van der Waals surface area contributed by atoms with Gasteiger partial charge in [-0.25, -0.2) is 4.98 Å². The van der Waals surface area contributed by atoms with Crippen LogP contribution in [0.5, 0.6) is 0 Å². The summed E-state index contributed by atoms with van der Waals surface area (Å²) in [6.07, 6.45) is 1.64. The van der Waals surface area contributed by atoms with Crippen LogP contribution >= 0.6 is 57.6 Å². The van der Waals surface area contributed by atoms with Crippen molar-refractivity contribution in [2.45, 2.75) is 10.1 Å². The van der Waals surface area contributed by atoms with Crippen LogP contribution in [0.25, 0.3) is 17.3 Å². The number of amides is 3. The van der Waals surface area contributed by atoms with Gasteiger partial charge in [0.15, 0.2) is 5.13 Å². The Bertz CT molecular complexity index is 2120. The molecule has 3 N–H and O–H groups in total. The molecule has 6 aromatic rings. The predicted molar refractivity (Wildman–Crippen MR) is 203 cm³/mol. The van der Waals surface area contributed by atoms with E-state index < -0.39 is 17.1 Å². The van der Waals surface area contributed by atoms with E-state index in [1.165, 1.54) is 34.4 Å². The van der Waals surface area contributed by atoms with E-state index in [0.29, 0.717) is 32.1 Å². The number of rotatable bonds is 11. The van der Waals surface area contributed by atoms with Crippen LogP contribution < -0.4 is 16.0 Å². The van der Waals surface area contributed by atoms with Crippen LogP contribution in [0, 0.1) is 0 Å². The van der Waals surface area contributed by atoms with Crippen LogP contribution in [0.15, 0.2) is 137 Å². The number of carbonyl (C=O) groups excluding carboxylic acids is 3. The van der Waals surface area contributed by atoms with Gasteiger partial charge in [-0.1, -0.05) is 89.9 Å². The highest BCUT2D eigenvalue weighted by atomic mass is 35.5. The predicted octanol–water partition coefficient (Wildman–Crippen LogP) is 10.1. The number of thioether (sulfide) groups is 1. The Morgan fingerprint density at radius 1 is 0.776 bits per heavy atom. The highest BCUT2D eigenvalue weighted by molar-refractivity contribution is 8.00. The molecule has 0 fully saturated rings. The van der Waals surface area contributed by atoms with E-state index in [9.17, 15) is 14.4 Å². The van der Waals surface area contributed by atoms with Gasteiger partial charge >= 0.3 is 0 Å².